The van der Waals surface area contributed by atoms with E-state index in [0.717, 1.165) is 45.2 Å². The molecule has 2 heterocycles. The summed E-state index contributed by atoms with van der Waals surface area (Å²) in [5.41, 5.74) is 0.478. The molecule has 0 aliphatic carbocycles. The number of aromatic nitrogens is 2. The molecule has 0 atom stereocenters. The molecular formula is C19H12F3N3OS2. The summed E-state index contributed by atoms with van der Waals surface area (Å²) >= 11 is 2.45. The standard InChI is InChI=1S/C19H12F3N3OS2/c20-19(21,22)16-9-10-23-18(24-16)27-11-17(26)25-12-5-1-3-7-14(12)28-15-8-4-2-6-13(15)25/h1-10H,11H2. The third-order valence-electron chi connectivity index (χ3n) is 3.93. The Kier molecular flexibility index (Phi) is 5.03. The second kappa shape index (κ2) is 7.48. The lowest BCUT2D eigenvalue weighted by atomic mass is 10.2. The number of amides is 1. The maximum absolute atomic E-state index is 13.0. The maximum atomic E-state index is 13.0. The van der Waals surface area contributed by atoms with Crippen molar-refractivity contribution < 1.29 is 18.0 Å². The number of para-hydroxylation sites is 2. The van der Waals surface area contributed by atoms with Gasteiger partial charge in [0.2, 0.25) is 5.91 Å². The quantitative estimate of drug-likeness (QED) is 0.419. The van der Waals surface area contributed by atoms with Crippen LogP contribution in [-0.4, -0.2) is 21.6 Å². The Hall–Kier alpha value is -2.52. The number of carbonyl (C=O) groups excluding carboxylic acids is 1. The van der Waals surface area contributed by atoms with Crippen molar-refractivity contribution in [2.24, 2.45) is 0 Å². The van der Waals surface area contributed by atoms with E-state index < -0.39 is 11.9 Å². The van der Waals surface area contributed by atoms with E-state index in [9.17, 15) is 18.0 Å². The van der Waals surface area contributed by atoms with Gasteiger partial charge in [-0.15, -0.1) is 0 Å². The van der Waals surface area contributed by atoms with Gasteiger partial charge in [0.15, 0.2) is 5.16 Å². The van der Waals surface area contributed by atoms with Gasteiger partial charge in [0.05, 0.1) is 17.1 Å². The minimum atomic E-state index is -4.55. The number of benzene rings is 2. The smallest absolute Gasteiger partial charge is 0.278 e. The van der Waals surface area contributed by atoms with Crippen molar-refractivity contribution in [1.29, 1.82) is 0 Å². The lowest BCUT2D eigenvalue weighted by Gasteiger charge is -2.30. The van der Waals surface area contributed by atoms with E-state index in [1.165, 1.54) is 0 Å². The van der Waals surface area contributed by atoms with E-state index in [2.05, 4.69) is 9.97 Å². The van der Waals surface area contributed by atoms with Gasteiger partial charge in [0, 0.05) is 16.0 Å². The molecule has 142 valence electrons. The second-order valence-corrected chi connectivity index (χ2v) is 7.80. The number of thioether (sulfide) groups is 1. The fraction of sp³-hybridized carbons (Fsp3) is 0.105. The molecule has 2 aromatic carbocycles. The number of fused-ring (bicyclic) bond motifs is 2. The largest absolute Gasteiger partial charge is 0.433 e. The molecule has 0 radical (unpaired) electrons. The first-order chi connectivity index (χ1) is 13.4. The summed E-state index contributed by atoms with van der Waals surface area (Å²) in [5, 5.41) is -0.0869. The number of rotatable bonds is 3. The number of halogens is 3. The normalized spacial score (nSPS) is 13.0. The zero-order valence-electron chi connectivity index (χ0n) is 14.2. The van der Waals surface area contributed by atoms with Crippen LogP contribution in [0.15, 0.2) is 75.7 Å². The van der Waals surface area contributed by atoms with Gasteiger partial charge in [0.1, 0.15) is 5.69 Å². The lowest BCUT2D eigenvalue weighted by molar-refractivity contribution is -0.141. The highest BCUT2D eigenvalue weighted by Crippen LogP contribution is 2.48. The Morgan fingerprint density at radius 1 is 1.00 bits per heavy atom. The number of carbonyl (C=O) groups is 1. The maximum Gasteiger partial charge on any atom is 0.433 e. The molecule has 9 heteroatoms. The molecule has 0 unspecified atom stereocenters. The molecule has 4 rings (SSSR count). The molecule has 0 saturated heterocycles. The summed E-state index contributed by atoms with van der Waals surface area (Å²) in [6, 6.07) is 15.8. The van der Waals surface area contributed by atoms with Gasteiger partial charge in [-0.1, -0.05) is 47.8 Å². The van der Waals surface area contributed by atoms with Crippen LogP contribution in [0.3, 0.4) is 0 Å². The predicted molar refractivity (Wildman–Crippen MR) is 102 cm³/mol. The fourth-order valence-electron chi connectivity index (χ4n) is 2.73. The van der Waals surface area contributed by atoms with Gasteiger partial charge in [-0.25, -0.2) is 9.97 Å². The molecular weight excluding hydrogens is 407 g/mol. The summed E-state index contributed by atoms with van der Waals surface area (Å²) in [6.45, 7) is 0. The highest BCUT2D eigenvalue weighted by Gasteiger charge is 2.33. The summed E-state index contributed by atoms with van der Waals surface area (Å²) < 4.78 is 38.4. The molecule has 0 bridgehead atoms. The third-order valence-corrected chi connectivity index (χ3v) is 5.91. The number of hydrogen-bond donors (Lipinski definition) is 0. The first-order valence-electron chi connectivity index (χ1n) is 8.15. The average Bonchev–Trinajstić information content (AvgIpc) is 2.69. The van der Waals surface area contributed by atoms with Crippen LogP contribution in [0.4, 0.5) is 24.5 Å². The van der Waals surface area contributed by atoms with Crippen LogP contribution in [0, 0.1) is 0 Å². The van der Waals surface area contributed by atoms with E-state index in [0.29, 0.717) is 0 Å². The van der Waals surface area contributed by atoms with Crippen molar-refractivity contribution in [1.82, 2.24) is 9.97 Å². The van der Waals surface area contributed by atoms with Gasteiger partial charge in [-0.3, -0.25) is 9.69 Å². The highest BCUT2D eigenvalue weighted by molar-refractivity contribution is 8.00. The lowest BCUT2D eigenvalue weighted by Crippen LogP contribution is -2.30. The minimum Gasteiger partial charge on any atom is -0.278 e. The Balaban J connectivity index is 1.59. The molecule has 1 aromatic heterocycles. The van der Waals surface area contributed by atoms with Crippen molar-refractivity contribution in [3.63, 3.8) is 0 Å². The van der Waals surface area contributed by atoms with E-state index in [1.807, 2.05) is 48.5 Å². The number of alkyl halides is 3. The van der Waals surface area contributed by atoms with Crippen LogP contribution in [0.5, 0.6) is 0 Å². The number of nitrogens with zero attached hydrogens (tertiary/aromatic N) is 3. The number of anilines is 2. The average molecular weight is 419 g/mol. The summed E-state index contributed by atoms with van der Waals surface area (Å²) in [7, 11) is 0. The number of hydrogen-bond acceptors (Lipinski definition) is 5. The van der Waals surface area contributed by atoms with Crippen molar-refractivity contribution in [3.05, 3.63) is 66.5 Å². The van der Waals surface area contributed by atoms with Crippen molar-refractivity contribution in [3.8, 4) is 0 Å². The Morgan fingerprint density at radius 2 is 1.61 bits per heavy atom. The van der Waals surface area contributed by atoms with Gasteiger partial charge in [0.25, 0.3) is 0 Å². The monoisotopic (exact) mass is 419 g/mol. The van der Waals surface area contributed by atoms with E-state index in [4.69, 9.17) is 0 Å². The molecule has 0 fully saturated rings. The van der Waals surface area contributed by atoms with Gasteiger partial charge < -0.3 is 0 Å². The van der Waals surface area contributed by atoms with Crippen LogP contribution >= 0.6 is 23.5 Å². The minimum absolute atomic E-state index is 0.0869. The molecule has 0 N–H and O–H groups in total. The fourth-order valence-corrected chi connectivity index (χ4v) is 4.47. The molecule has 4 nitrogen and oxygen atoms in total. The molecule has 0 saturated carbocycles. The molecule has 28 heavy (non-hydrogen) atoms. The van der Waals surface area contributed by atoms with Crippen LogP contribution in [-0.2, 0) is 11.0 Å². The first-order valence-corrected chi connectivity index (χ1v) is 9.95. The molecule has 1 aliphatic rings. The van der Waals surface area contributed by atoms with Crippen molar-refractivity contribution >= 4 is 40.8 Å². The topological polar surface area (TPSA) is 46.1 Å². The second-order valence-electron chi connectivity index (χ2n) is 5.78. The van der Waals surface area contributed by atoms with Crippen LogP contribution < -0.4 is 4.90 Å². The summed E-state index contributed by atoms with van der Waals surface area (Å²) in [6.07, 6.45) is -3.50. The Morgan fingerprint density at radius 3 is 2.21 bits per heavy atom. The zero-order chi connectivity index (χ0) is 19.7. The zero-order valence-corrected chi connectivity index (χ0v) is 15.8. The molecule has 0 spiro atoms. The van der Waals surface area contributed by atoms with E-state index in [-0.39, 0.29) is 16.8 Å². The molecule has 3 aromatic rings. The van der Waals surface area contributed by atoms with Crippen molar-refractivity contribution in [2.45, 2.75) is 21.1 Å². The van der Waals surface area contributed by atoms with Crippen molar-refractivity contribution in [2.75, 3.05) is 10.7 Å². The Bertz CT molecular complexity index is 997. The predicted octanol–water partition coefficient (Wildman–Crippen LogP) is 5.42. The van der Waals surface area contributed by atoms with E-state index >= 15 is 0 Å². The molecule has 1 amide bonds. The SMILES string of the molecule is O=C(CSc1nccc(C(F)(F)F)n1)N1c2ccccc2Sc2ccccc21. The molecule has 1 aliphatic heterocycles. The van der Waals surface area contributed by atoms with E-state index in [1.54, 1.807) is 16.7 Å². The van der Waals surface area contributed by atoms with Crippen LogP contribution in [0.1, 0.15) is 5.69 Å². The van der Waals surface area contributed by atoms with Gasteiger partial charge in [-0.05, 0) is 30.3 Å². The highest BCUT2D eigenvalue weighted by atomic mass is 32.2. The summed E-state index contributed by atoms with van der Waals surface area (Å²) in [4.78, 5) is 23.8. The van der Waals surface area contributed by atoms with Crippen LogP contribution in [0.2, 0.25) is 0 Å². The van der Waals surface area contributed by atoms with Gasteiger partial charge in [-0.2, -0.15) is 13.2 Å². The summed E-state index contributed by atoms with van der Waals surface area (Å²) in [5.74, 6) is -0.347. The Labute approximate surface area is 167 Å². The van der Waals surface area contributed by atoms with Gasteiger partial charge >= 0.3 is 6.18 Å². The third kappa shape index (κ3) is 3.72. The van der Waals surface area contributed by atoms with Crippen LogP contribution in [0.25, 0.3) is 0 Å². The first kappa shape index (κ1) is 18.8.